The van der Waals surface area contributed by atoms with E-state index in [1.807, 2.05) is 12.1 Å². The fourth-order valence-electron chi connectivity index (χ4n) is 3.82. The van der Waals surface area contributed by atoms with Crippen molar-refractivity contribution in [2.24, 2.45) is 0 Å². The molecule has 1 aliphatic rings. The summed E-state index contributed by atoms with van der Waals surface area (Å²) in [5.41, 5.74) is 2.79. The molecular formula is C25H33N3O4. The van der Waals surface area contributed by atoms with Gasteiger partial charge in [-0.2, -0.15) is 0 Å². The number of rotatable bonds is 8. The molecule has 32 heavy (non-hydrogen) atoms. The minimum atomic E-state index is -0.183. The van der Waals surface area contributed by atoms with E-state index in [0.29, 0.717) is 17.9 Å². The summed E-state index contributed by atoms with van der Waals surface area (Å²) in [6.45, 7) is 7.19. The summed E-state index contributed by atoms with van der Waals surface area (Å²) in [5, 5.41) is 3.01. The number of amides is 2. The molecule has 1 fully saturated rings. The van der Waals surface area contributed by atoms with Crippen molar-refractivity contribution in [2.45, 2.75) is 39.1 Å². The average molecular weight is 440 g/mol. The quantitative estimate of drug-likeness (QED) is 0.685. The van der Waals surface area contributed by atoms with Crippen molar-refractivity contribution < 1.29 is 19.1 Å². The van der Waals surface area contributed by atoms with E-state index in [9.17, 15) is 9.59 Å². The predicted molar refractivity (Wildman–Crippen MR) is 124 cm³/mol. The van der Waals surface area contributed by atoms with Crippen molar-refractivity contribution in [2.75, 3.05) is 33.8 Å². The summed E-state index contributed by atoms with van der Waals surface area (Å²) < 4.78 is 11.4. The zero-order chi connectivity index (χ0) is 23.1. The maximum atomic E-state index is 12.7. The van der Waals surface area contributed by atoms with E-state index >= 15 is 0 Å². The Balaban J connectivity index is 1.59. The molecule has 1 N–H and O–H groups in total. The molecule has 1 saturated heterocycles. The van der Waals surface area contributed by atoms with E-state index in [-0.39, 0.29) is 30.6 Å². The molecule has 0 radical (unpaired) electrons. The number of benzene rings is 2. The third-order valence-corrected chi connectivity index (χ3v) is 5.40. The van der Waals surface area contributed by atoms with Crippen molar-refractivity contribution >= 4 is 11.8 Å². The molecule has 3 rings (SSSR count). The van der Waals surface area contributed by atoms with Gasteiger partial charge < -0.3 is 19.7 Å². The number of ether oxygens (including phenoxy) is 2. The Morgan fingerprint density at radius 2 is 1.75 bits per heavy atom. The number of carbonyl (C=O) groups is 2. The highest BCUT2D eigenvalue weighted by Gasteiger charge is 2.22. The van der Waals surface area contributed by atoms with Gasteiger partial charge in [0.15, 0.2) is 6.61 Å². The van der Waals surface area contributed by atoms with Crippen LogP contribution in [-0.2, 0) is 22.6 Å². The molecular weight excluding hydrogens is 406 g/mol. The lowest BCUT2D eigenvalue weighted by Gasteiger charge is -2.35. The Hall–Kier alpha value is -2.90. The lowest BCUT2D eigenvalue weighted by atomic mass is 10.1. The van der Waals surface area contributed by atoms with E-state index in [1.165, 1.54) is 10.5 Å². The van der Waals surface area contributed by atoms with Gasteiger partial charge in [0, 0.05) is 45.8 Å². The van der Waals surface area contributed by atoms with Gasteiger partial charge in [-0.05, 0) is 43.2 Å². The van der Waals surface area contributed by atoms with E-state index in [4.69, 9.17) is 9.47 Å². The van der Waals surface area contributed by atoms with Gasteiger partial charge in [0.1, 0.15) is 5.75 Å². The van der Waals surface area contributed by atoms with Crippen LogP contribution in [-0.4, -0.2) is 67.6 Å². The van der Waals surface area contributed by atoms with E-state index < -0.39 is 0 Å². The molecule has 1 aliphatic heterocycles. The summed E-state index contributed by atoms with van der Waals surface area (Å²) in [5.74, 6) is 0.169. The van der Waals surface area contributed by atoms with Crippen molar-refractivity contribution in [1.82, 2.24) is 15.1 Å². The maximum Gasteiger partial charge on any atom is 0.259 e. The Bertz CT molecular complexity index is 921. The molecule has 2 atom stereocenters. The summed E-state index contributed by atoms with van der Waals surface area (Å²) >= 11 is 0. The van der Waals surface area contributed by atoms with Crippen LogP contribution >= 0.6 is 0 Å². The lowest BCUT2D eigenvalue weighted by Crippen LogP contribution is -2.45. The first-order chi connectivity index (χ1) is 15.3. The maximum absolute atomic E-state index is 12.7. The number of carbonyl (C=O) groups excluding carboxylic acids is 2. The lowest BCUT2D eigenvalue weighted by molar-refractivity contribution is -0.130. The molecule has 2 aromatic carbocycles. The van der Waals surface area contributed by atoms with Crippen LogP contribution in [0.5, 0.6) is 5.75 Å². The van der Waals surface area contributed by atoms with Gasteiger partial charge in [-0.25, -0.2) is 0 Å². The van der Waals surface area contributed by atoms with Crippen LogP contribution in [0.4, 0.5) is 0 Å². The first-order valence-electron chi connectivity index (χ1n) is 11.0. The second-order valence-electron chi connectivity index (χ2n) is 8.51. The van der Waals surface area contributed by atoms with Crippen LogP contribution in [0.3, 0.4) is 0 Å². The van der Waals surface area contributed by atoms with Gasteiger partial charge in [-0.15, -0.1) is 0 Å². The molecule has 7 nitrogen and oxygen atoms in total. The van der Waals surface area contributed by atoms with Crippen LogP contribution in [0, 0.1) is 0 Å². The van der Waals surface area contributed by atoms with Crippen LogP contribution in [0.25, 0.3) is 0 Å². The average Bonchev–Trinajstić information content (AvgIpc) is 2.76. The second kappa shape index (κ2) is 11.1. The Labute approximate surface area is 190 Å². The second-order valence-corrected chi connectivity index (χ2v) is 8.51. The van der Waals surface area contributed by atoms with Gasteiger partial charge in [0.25, 0.3) is 11.8 Å². The van der Waals surface area contributed by atoms with E-state index in [0.717, 1.165) is 25.2 Å². The van der Waals surface area contributed by atoms with Gasteiger partial charge in [0.05, 0.1) is 12.2 Å². The van der Waals surface area contributed by atoms with Crippen molar-refractivity contribution in [3.63, 3.8) is 0 Å². The highest BCUT2D eigenvalue weighted by Crippen LogP contribution is 2.18. The molecule has 2 amide bonds. The Morgan fingerprint density at radius 3 is 2.44 bits per heavy atom. The first-order valence-corrected chi connectivity index (χ1v) is 11.0. The molecule has 2 unspecified atom stereocenters. The highest BCUT2D eigenvalue weighted by atomic mass is 16.5. The zero-order valence-electron chi connectivity index (χ0n) is 19.3. The van der Waals surface area contributed by atoms with Crippen molar-refractivity contribution in [1.29, 1.82) is 0 Å². The summed E-state index contributed by atoms with van der Waals surface area (Å²) in [6, 6.07) is 15.1. The molecule has 1 heterocycles. The number of nitrogens with zero attached hydrogens (tertiary/aromatic N) is 2. The monoisotopic (exact) mass is 439 g/mol. The molecule has 0 aliphatic carbocycles. The molecule has 172 valence electrons. The van der Waals surface area contributed by atoms with Gasteiger partial charge in [0.2, 0.25) is 0 Å². The SMILES string of the molecule is CC1CN(Cc2ccccc2CNC(=O)c2cccc(OCC(=O)N(C)C)c2)CC(C)O1. The number of nitrogens with one attached hydrogen (secondary N) is 1. The summed E-state index contributed by atoms with van der Waals surface area (Å²) in [6.07, 6.45) is 0.432. The van der Waals surface area contributed by atoms with Crippen molar-refractivity contribution in [3.05, 3.63) is 65.2 Å². The minimum Gasteiger partial charge on any atom is -0.484 e. The van der Waals surface area contributed by atoms with Gasteiger partial charge in [-0.1, -0.05) is 30.3 Å². The van der Waals surface area contributed by atoms with E-state index in [2.05, 4.69) is 36.2 Å². The Kier molecular flexibility index (Phi) is 8.25. The molecule has 7 heteroatoms. The molecule has 0 saturated carbocycles. The third-order valence-electron chi connectivity index (χ3n) is 5.40. The standard InChI is InChI=1S/C25H33N3O4/c1-18-14-28(15-19(2)32-18)16-22-9-6-5-8-21(22)13-26-25(30)20-10-7-11-23(12-20)31-17-24(29)27(3)4/h5-12,18-19H,13-17H2,1-4H3,(H,26,30). The molecule has 0 aromatic heterocycles. The van der Waals surface area contributed by atoms with E-state index in [1.54, 1.807) is 38.4 Å². The summed E-state index contributed by atoms with van der Waals surface area (Å²) in [7, 11) is 3.35. The molecule has 0 spiro atoms. The Morgan fingerprint density at radius 1 is 1.06 bits per heavy atom. The number of hydrogen-bond donors (Lipinski definition) is 1. The van der Waals surface area contributed by atoms with Crippen LogP contribution < -0.4 is 10.1 Å². The summed E-state index contributed by atoms with van der Waals surface area (Å²) in [4.78, 5) is 28.3. The fraction of sp³-hybridized carbons (Fsp3) is 0.440. The van der Waals surface area contributed by atoms with Crippen LogP contribution in [0.2, 0.25) is 0 Å². The normalized spacial score (nSPS) is 18.8. The molecule has 2 aromatic rings. The number of likely N-dealkylation sites (N-methyl/N-ethyl adjacent to an activating group) is 1. The number of hydrogen-bond acceptors (Lipinski definition) is 5. The first kappa shape index (κ1) is 23.8. The topological polar surface area (TPSA) is 71.1 Å². The van der Waals surface area contributed by atoms with Crippen LogP contribution in [0.1, 0.15) is 35.3 Å². The smallest absolute Gasteiger partial charge is 0.259 e. The third kappa shape index (κ3) is 6.80. The zero-order valence-corrected chi connectivity index (χ0v) is 19.3. The highest BCUT2D eigenvalue weighted by molar-refractivity contribution is 5.94. The van der Waals surface area contributed by atoms with Crippen LogP contribution in [0.15, 0.2) is 48.5 Å². The van der Waals surface area contributed by atoms with Gasteiger partial charge in [-0.3, -0.25) is 14.5 Å². The minimum absolute atomic E-state index is 0.0653. The number of morpholine rings is 1. The van der Waals surface area contributed by atoms with Crippen molar-refractivity contribution in [3.8, 4) is 5.75 Å². The van der Waals surface area contributed by atoms with Gasteiger partial charge >= 0.3 is 0 Å². The largest absolute Gasteiger partial charge is 0.484 e. The molecule has 0 bridgehead atoms. The predicted octanol–water partition coefficient (Wildman–Crippen LogP) is 2.69. The fourth-order valence-corrected chi connectivity index (χ4v) is 3.82.